The number of rotatable bonds is 7. The molecule has 1 atom stereocenters. The summed E-state index contributed by atoms with van der Waals surface area (Å²) in [7, 11) is 3.26. The van der Waals surface area contributed by atoms with Gasteiger partial charge in [0.05, 0.1) is 12.6 Å². The zero-order valence-corrected chi connectivity index (χ0v) is 20.7. The van der Waals surface area contributed by atoms with Crippen molar-refractivity contribution in [3.8, 4) is 5.75 Å². The number of nitrogens with one attached hydrogen (secondary N) is 1. The standard InChI is InChI=1S/C27H34N4O3/c1-17-7-6-8-21(13-17)18(2)28-27-23-14-22(25(34-5)15-24(23)29-19(3)30-27)20-9-11-31(12-10-20)26(32)16-33-4/h6-8,13-15,18,20H,9-12,16H2,1-5H3,(H,28,29,30)/t18-/m0/s1. The van der Waals surface area contributed by atoms with Crippen molar-refractivity contribution in [1.29, 1.82) is 0 Å². The number of aromatic nitrogens is 2. The predicted octanol–water partition coefficient (Wildman–Crippen LogP) is 4.78. The topological polar surface area (TPSA) is 76.6 Å². The van der Waals surface area contributed by atoms with Gasteiger partial charge >= 0.3 is 0 Å². The summed E-state index contributed by atoms with van der Waals surface area (Å²) in [4.78, 5) is 23.5. The summed E-state index contributed by atoms with van der Waals surface area (Å²) in [5.74, 6) is 2.73. The lowest BCUT2D eigenvalue weighted by molar-refractivity contribution is -0.136. The highest BCUT2D eigenvalue weighted by atomic mass is 16.5. The maximum Gasteiger partial charge on any atom is 0.248 e. The summed E-state index contributed by atoms with van der Waals surface area (Å²) in [6, 6.07) is 12.8. The minimum Gasteiger partial charge on any atom is -0.496 e. The molecule has 1 aliphatic rings. The van der Waals surface area contributed by atoms with Crippen molar-refractivity contribution in [2.45, 2.75) is 45.6 Å². The Morgan fingerprint density at radius 3 is 2.59 bits per heavy atom. The van der Waals surface area contributed by atoms with Crippen LogP contribution in [0.1, 0.15) is 54.2 Å². The van der Waals surface area contributed by atoms with Crippen LogP contribution in [-0.4, -0.2) is 54.7 Å². The monoisotopic (exact) mass is 462 g/mol. The first-order valence-electron chi connectivity index (χ1n) is 11.9. The predicted molar refractivity (Wildman–Crippen MR) is 134 cm³/mol. The maximum atomic E-state index is 12.2. The van der Waals surface area contributed by atoms with Crippen molar-refractivity contribution in [3.05, 3.63) is 58.9 Å². The molecule has 4 rings (SSSR count). The zero-order valence-electron chi connectivity index (χ0n) is 20.7. The van der Waals surface area contributed by atoms with Gasteiger partial charge in [0.1, 0.15) is 24.0 Å². The lowest BCUT2D eigenvalue weighted by Crippen LogP contribution is -2.39. The number of ether oxygens (including phenoxy) is 2. The fraction of sp³-hybridized carbons (Fsp3) is 0.444. The van der Waals surface area contributed by atoms with E-state index in [0.29, 0.717) is 24.8 Å². The van der Waals surface area contributed by atoms with Crippen LogP contribution in [-0.2, 0) is 9.53 Å². The summed E-state index contributed by atoms with van der Waals surface area (Å²) in [5.41, 5.74) is 4.45. The van der Waals surface area contributed by atoms with Crippen molar-refractivity contribution in [3.63, 3.8) is 0 Å². The molecule has 1 N–H and O–H groups in total. The number of carbonyl (C=O) groups is 1. The van der Waals surface area contributed by atoms with Crippen LogP contribution in [0.15, 0.2) is 36.4 Å². The van der Waals surface area contributed by atoms with Gasteiger partial charge in [-0.1, -0.05) is 29.8 Å². The average molecular weight is 463 g/mol. The Morgan fingerprint density at radius 1 is 1.15 bits per heavy atom. The van der Waals surface area contributed by atoms with E-state index in [1.807, 2.05) is 17.9 Å². The Bertz CT molecular complexity index is 1170. The number of piperidine rings is 1. The zero-order chi connectivity index (χ0) is 24.2. The summed E-state index contributed by atoms with van der Waals surface area (Å²) >= 11 is 0. The minimum absolute atomic E-state index is 0.0481. The Morgan fingerprint density at radius 2 is 1.91 bits per heavy atom. The quantitative estimate of drug-likeness (QED) is 0.545. The van der Waals surface area contributed by atoms with E-state index >= 15 is 0 Å². The largest absolute Gasteiger partial charge is 0.496 e. The summed E-state index contributed by atoms with van der Waals surface area (Å²) in [6.07, 6.45) is 1.76. The average Bonchev–Trinajstić information content (AvgIpc) is 2.83. The molecule has 1 aromatic heterocycles. The van der Waals surface area contributed by atoms with Crippen molar-refractivity contribution >= 4 is 22.6 Å². The van der Waals surface area contributed by atoms with Crippen molar-refractivity contribution < 1.29 is 14.3 Å². The maximum absolute atomic E-state index is 12.2. The lowest BCUT2D eigenvalue weighted by atomic mass is 9.88. The smallest absolute Gasteiger partial charge is 0.248 e. The highest BCUT2D eigenvalue weighted by Crippen LogP contribution is 2.38. The van der Waals surface area contributed by atoms with Crippen molar-refractivity contribution in [2.75, 3.05) is 39.2 Å². The van der Waals surface area contributed by atoms with E-state index in [-0.39, 0.29) is 18.6 Å². The molecule has 34 heavy (non-hydrogen) atoms. The third-order valence-corrected chi connectivity index (χ3v) is 6.61. The fourth-order valence-corrected chi connectivity index (χ4v) is 4.78. The molecule has 0 unspecified atom stereocenters. The SMILES string of the molecule is COCC(=O)N1CCC(c2cc3c(N[C@@H](C)c4cccc(C)c4)nc(C)nc3cc2OC)CC1. The molecule has 2 aromatic carbocycles. The normalized spacial score (nSPS) is 15.4. The molecule has 7 heteroatoms. The van der Waals surface area contributed by atoms with Crippen LogP contribution >= 0.6 is 0 Å². The number of methoxy groups -OCH3 is 2. The van der Waals surface area contributed by atoms with Crippen molar-refractivity contribution in [1.82, 2.24) is 14.9 Å². The molecule has 180 valence electrons. The van der Waals surface area contributed by atoms with E-state index < -0.39 is 0 Å². The number of likely N-dealkylation sites (tertiary alicyclic amines) is 1. The first-order chi connectivity index (χ1) is 16.4. The molecule has 0 spiro atoms. The number of amides is 1. The van der Waals surface area contributed by atoms with Gasteiger partial charge in [-0.25, -0.2) is 9.97 Å². The van der Waals surface area contributed by atoms with E-state index in [1.54, 1.807) is 14.2 Å². The number of nitrogens with zero attached hydrogens (tertiary/aromatic N) is 3. The molecule has 1 fully saturated rings. The number of aryl methyl sites for hydroxylation is 2. The van der Waals surface area contributed by atoms with E-state index in [0.717, 1.165) is 40.9 Å². The Labute approximate surface area is 201 Å². The van der Waals surface area contributed by atoms with Gasteiger partial charge in [0.15, 0.2) is 0 Å². The van der Waals surface area contributed by atoms with Gasteiger partial charge in [-0.15, -0.1) is 0 Å². The van der Waals surface area contributed by atoms with Crippen LogP contribution in [0.5, 0.6) is 5.75 Å². The summed E-state index contributed by atoms with van der Waals surface area (Å²) < 4.78 is 10.8. The second-order valence-corrected chi connectivity index (χ2v) is 9.10. The number of hydrogen-bond acceptors (Lipinski definition) is 6. The van der Waals surface area contributed by atoms with E-state index in [4.69, 9.17) is 14.5 Å². The highest BCUT2D eigenvalue weighted by molar-refractivity contribution is 5.91. The van der Waals surface area contributed by atoms with Crippen LogP contribution in [0.2, 0.25) is 0 Å². The van der Waals surface area contributed by atoms with Crippen LogP contribution < -0.4 is 10.1 Å². The van der Waals surface area contributed by atoms with Gasteiger partial charge in [0, 0.05) is 37.7 Å². The first kappa shape index (κ1) is 24.0. The van der Waals surface area contributed by atoms with Crippen LogP contribution in [0.4, 0.5) is 5.82 Å². The molecular formula is C27H34N4O3. The number of fused-ring (bicyclic) bond motifs is 1. The molecular weight excluding hydrogens is 428 g/mol. The van der Waals surface area contributed by atoms with Gasteiger partial charge in [-0.3, -0.25) is 4.79 Å². The van der Waals surface area contributed by atoms with Gasteiger partial charge < -0.3 is 19.7 Å². The molecule has 0 radical (unpaired) electrons. The molecule has 1 saturated heterocycles. The van der Waals surface area contributed by atoms with Gasteiger partial charge in [-0.05, 0) is 56.7 Å². The Kier molecular flexibility index (Phi) is 7.32. The molecule has 0 saturated carbocycles. The number of carbonyl (C=O) groups excluding carboxylic acids is 1. The van der Waals surface area contributed by atoms with Crippen molar-refractivity contribution in [2.24, 2.45) is 0 Å². The molecule has 0 aliphatic carbocycles. The summed E-state index contributed by atoms with van der Waals surface area (Å²) in [6.45, 7) is 7.73. The van der Waals surface area contributed by atoms with Gasteiger partial charge in [0.2, 0.25) is 5.91 Å². The third-order valence-electron chi connectivity index (χ3n) is 6.61. The van der Waals surface area contributed by atoms with Crippen LogP contribution in [0.3, 0.4) is 0 Å². The molecule has 0 bridgehead atoms. The number of hydrogen-bond donors (Lipinski definition) is 1. The summed E-state index contributed by atoms with van der Waals surface area (Å²) in [5, 5.41) is 4.60. The van der Waals surface area contributed by atoms with E-state index in [1.165, 1.54) is 11.1 Å². The second kappa shape index (κ2) is 10.4. The first-order valence-corrected chi connectivity index (χ1v) is 11.9. The van der Waals surface area contributed by atoms with Crippen LogP contribution in [0, 0.1) is 13.8 Å². The van der Waals surface area contributed by atoms with E-state index in [9.17, 15) is 4.79 Å². The van der Waals surface area contributed by atoms with E-state index in [2.05, 4.69) is 54.5 Å². The minimum atomic E-state index is 0.0481. The Hall–Kier alpha value is -3.19. The highest BCUT2D eigenvalue weighted by Gasteiger charge is 2.26. The fourth-order valence-electron chi connectivity index (χ4n) is 4.78. The van der Waals surface area contributed by atoms with Crippen LogP contribution in [0.25, 0.3) is 10.9 Å². The van der Waals surface area contributed by atoms with Gasteiger partial charge in [-0.2, -0.15) is 0 Å². The third kappa shape index (κ3) is 5.14. The Balaban J connectivity index is 1.65. The van der Waals surface area contributed by atoms with Gasteiger partial charge in [0.25, 0.3) is 0 Å². The molecule has 1 amide bonds. The molecule has 1 aliphatic heterocycles. The molecule has 7 nitrogen and oxygen atoms in total. The molecule has 2 heterocycles. The number of benzene rings is 2. The second-order valence-electron chi connectivity index (χ2n) is 9.10. The number of anilines is 1. The lowest BCUT2D eigenvalue weighted by Gasteiger charge is -2.33. The molecule has 3 aromatic rings.